The van der Waals surface area contributed by atoms with Crippen LogP contribution in [0.4, 0.5) is 0 Å². The van der Waals surface area contributed by atoms with Crippen LogP contribution in [0.25, 0.3) is 0 Å². The van der Waals surface area contributed by atoms with Gasteiger partial charge in [-0.15, -0.1) is 0 Å². The van der Waals surface area contributed by atoms with Gasteiger partial charge in [-0.25, -0.2) is 0 Å². The first-order valence-electron chi connectivity index (χ1n) is 7.10. The molecule has 1 saturated heterocycles. The van der Waals surface area contributed by atoms with E-state index in [0.717, 1.165) is 32.1 Å². The number of aliphatic hydroxyl groups is 1. The van der Waals surface area contributed by atoms with Crippen LogP contribution in [-0.4, -0.2) is 53.8 Å². The second-order valence-corrected chi connectivity index (χ2v) is 9.60. The normalized spacial score (nSPS) is 21.9. The van der Waals surface area contributed by atoms with E-state index >= 15 is 0 Å². The summed E-state index contributed by atoms with van der Waals surface area (Å²) in [5.41, 5.74) is 0. The third kappa shape index (κ3) is 4.60. The van der Waals surface area contributed by atoms with E-state index in [0.29, 0.717) is 6.54 Å². The summed E-state index contributed by atoms with van der Waals surface area (Å²) in [6.07, 6.45) is 4.27. The molecule has 21 heavy (non-hydrogen) atoms. The Morgan fingerprint density at radius 1 is 1.19 bits per heavy atom. The van der Waals surface area contributed by atoms with Crippen molar-refractivity contribution in [2.75, 3.05) is 13.1 Å². The largest absolute Gasteiger partial charge is 0.369 e. The van der Waals surface area contributed by atoms with Gasteiger partial charge >= 0.3 is 15.2 Å². The lowest BCUT2D eigenvalue weighted by Gasteiger charge is -2.32. The third-order valence-corrected chi connectivity index (χ3v) is 7.93. The molecule has 1 aliphatic heterocycles. The predicted octanol–water partition coefficient (Wildman–Crippen LogP) is 1.03. The first kappa shape index (κ1) is 19.3. The molecule has 0 aromatic heterocycles. The van der Waals surface area contributed by atoms with Gasteiger partial charge in [-0.2, -0.15) is 0 Å². The summed E-state index contributed by atoms with van der Waals surface area (Å²) < 4.78 is 22.6. The number of hydrogen-bond donors (Lipinski definition) is 5. The molecule has 0 bridgehead atoms. The van der Waals surface area contributed by atoms with Crippen LogP contribution in [0.3, 0.4) is 0 Å². The van der Waals surface area contributed by atoms with E-state index in [1.165, 1.54) is 0 Å². The summed E-state index contributed by atoms with van der Waals surface area (Å²) in [6, 6.07) is 0.253. The Labute approximate surface area is 124 Å². The number of unbranched alkanes of at least 4 members (excludes halogenated alkanes) is 1. The van der Waals surface area contributed by atoms with Crippen molar-refractivity contribution >= 4 is 15.2 Å². The van der Waals surface area contributed by atoms with Gasteiger partial charge in [-0.1, -0.05) is 19.8 Å². The van der Waals surface area contributed by atoms with Crippen LogP contribution >= 0.6 is 15.2 Å². The molecule has 5 N–H and O–H groups in total. The summed E-state index contributed by atoms with van der Waals surface area (Å²) >= 11 is 0. The summed E-state index contributed by atoms with van der Waals surface area (Å²) in [6.45, 7) is 2.84. The van der Waals surface area contributed by atoms with E-state index in [1.807, 2.05) is 4.90 Å². The number of rotatable bonds is 8. The lowest BCUT2D eigenvalue weighted by Crippen LogP contribution is -2.37. The van der Waals surface area contributed by atoms with E-state index in [2.05, 4.69) is 6.92 Å². The van der Waals surface area contributed by atoms with E-state index in [9.17, 15) is 14.2 Å². The van der Waals surface area contributed by atoms with Crippen LogP contribution in [0.1, 0.15) is 45.4 Å². The zero-order valence-corrected chi connectivity index (χ0v) is 13.9. The fourth-order valence-electron chi connectivity index (χ4n) is 2.71. The van der Waals surface area contributed by atoms with Crippen LogP contribution in [-0.2, 0) is 9.13 Å². The van der Waals surface area contributed by atoms with Gasteiger partial charge in [0, 0.05) is 19.0 Å². The molecule has 0 aromatic carbocycles. The molecule has 1 heterocycles. The fourth-order valence-corrected chi connectivity index (χ4v) is 4.85. The third-order valence-electron chi connectivity index (χ3n) is 4.06. The summed E-state index contributed by atoms with van der Waals surface area (Å²) in [5.74, 6) is 0. The molecule has 8 nitrogen and oxygen atoms in total. The van der Waals surface area contributed by atoms with Crippen LogP contribution < -0.4 is 0 Å². The van der Waals surface area contributed by atoms with Gasteiger partial charge < -0.3 is 29.6 Å². The van der Waals surface area contributed by atoms with Gasteiger partial charge in [-0.05, 0) is 25.8 Å². The second kappa shape index (κ2) is 7.20. The van der Waals surface area contributed by atoms with E-state index in [4.69, 9.17) is 19.6 Å². The quantitative estimate of drug-likeness (QED) is 0.411. The molecule has 1 fully saturated rings. The van der Waals surface area contributed by atoms with E-state index < -0.39 is 26.7 Å². The minimum absolute atomic E-state index is 0.0566. The van der Waals surface area contributed by atoms with Crippen LogP contribution in [0.2, 0.25) is 0 Å². The molecule has 0 saturated carbocycles. The van der Waals surface area contributed by atoms with Crippen molar-refractivity contribution in [3.05, 3.63) is 0 Å². The van der Waals surface area contributed by atoms with Crippen LogP contribution in [0, 0.1) is 0 Å². The average molecular weight is 345 g/mol. The second-order valence-electron chi connectivity index (χ2n) is 5.59. The average Bonchev–Trinajstić information content (AvgIpc) is 2.77. The molecule has 1 aliphatic rings. The highest BCUT2D eigenvalue weighted by molar-refractivity contribution is 7.72. The van der Waals surface area contributed by atoms with Gasteiger partial charge in [0.2, 0.25) is 0 Å². The van der Waals surface area contributed by atoms with Crippen molar-refractivity contribution in [3.63, 3.8) is 0 Å². The molecule has 0 spiro atoms. The predicted molar refractivity (Wildman–Crippen MR) is 77.8 cm³/mol. The Balaban J connectivity index is 2.74. The molecule has 1 rings (SSSR count). The molecular formula is C11H25NO7P2. The van der Waals surface area contributed by atoms with Crippen molar-refractivity contribution in [1.29, 1.82) is 0 Å². The molecule has 0 aromatic rings. The van der Waals surface area contributed by atoms with Crippen LogP contribution in [0.5, 0.6) is 0 Å². The van der Waals surface area contributed by atoms with E-state index in [1.54, 1.807) is 0 Å². The first-order chi connectivity index (χ1) is 9.53. The molecule has 0 aliphatic carbocycles. The van der Waals surface area contributed by atoms with Gasteiger partial charge in [0.05, 0.1) is 0 Å². The monoisotopic (exact) mass is 345 g/mol. The number of nitrogens with zero attached hydrogens (tertiary/aromatic N) is 1. The fraction of sp³-hybridized carbons (Fsp3) is 1.00. The summed E-state index contributed by atoms with van der Waals surface area (Å²) in [5, 5.41) is 6.56. The minimum Gasteiger partial charge on any atom is -0.367 e. The zero-order chi connectivity index (χ0) is 16.3. The van der Waals surface area contributed by atoms with Crippen molar-refractivity contribution in [3.8, 4) is 0 Å². The molecule has 1 atom stereocenters. The lowest BCUT2D eigenvalue weighted by atomic mass is 10.1. The maximum atomic E-state index is 11.3. The lowest BCUT2D eigenvalue weighted by molar-refractivity contribution is 0.105. The highest BCUT2D eigenvalue weighted by atomic mass is 31.2. The van der Waals surface area contributed by atoms with Crippen molar-refractivity contribution in [1.82, 2.24) is 4.90 Å². The minimum atomic E-state index is -5.34. The van der Waals surface area contributed by atoms with Crippen molar-refractivity contribution in [2.24, 2.45) is 0 Å². The Kier molecular flexibility index (Phi) is 6.60. The highest BCUT2D eigenvalue weighted by Crippen LogP contribution is 2.68. The van der Waals surface area contributed by atoms with E-state index in [-0.39, 0.29) is 12.6 Å². The topological polar surface area (TPSA) is 139 Å². The van der Waals surface area contributed by atoms with Crippen LogP contribution in [0.15, 0.2) is 0 Å². The number of likely N-dealkylation sites (tertiary alicyclic amines) is 1. The Bertz CT molecular complexity index is 410. The molecule has 1 unspecified atom stereocenters. The Hall–Kier alpha value is 0.220. The van der Waals surface area contributed by atoms with Gasteiger partial charge in [-0.3, -0.25) is 9.13 Å². The number of hydrogen-bond acceptors (Lipinski definition) is 4. The zero-order valence-electron chi connectivity index (χ0n) is 12.1. The Morgan fingerprint density at radius 2 is 1.76 bits per heavy atom. The maximum Gasteiger partial charge on any atom is 0.369 e. The van der Waals surface area contributed by atoms with Gasteiger partial charge in [0.15, 0.2) is 0 Å². The Morgan fingerprint density at radius 3 is 2.24 bits per heavy atom. The molecule has 0 radical (unpaired) electrons. The van der Waals surface area contributed by atoms with Crippen molar-refractivity contribution in [2.45, 2.75) is 56.6 Å². The molecule has 10 heteroatoms. The highest BCUT2D eigenvalue weighted by Gasteiger charge is 2.59. The van der Waals surface area contributed by atoms with Crippen molar-refractivity contribution < 1.29 is 33.8 Å². The SMILES string of the molecule is CCCCC1CCCN1CCC(O)(P(=O)(O)O)P(=O)(O)O. The molecule has 126 valence electrons. The summed E-state index contributed by atoms with van der Waals surface area (Å²) in [7, 11) is -10.7. The van der Waals surface area contributed by atoms with Gasteiger partial charge in [0.25, 0.3) is 5.08 Å². The standard InChI is InChI=1S/C11H25NO7P2/c1-2-3-5-10-6-4-8-12(10)9-7-11(13,20(14,15)16)21(17,18)19/h10,13H,2-9H2,1H3,(H2,14,15,16)(H2,17,18,19). The molecule has 0 amide bonds. The van der Waals surface area contributed by atoms with Gasteiger partial charge in [0.1, 0.15) is 0 Å². The smallest absolute Gasteiger partial charge is 0.367 e. The summed E-state index contributed by atoms with van der Waals surface area (Å²) in [4.78, 5) is 38.4. The first-order valence-corrected chi connectivity index (χ1v) is 10.3. The molecular weight excluding hydrogens is 320 g/mol. The maximum absolute atomic E-state index is 11.3.